The molecule has 3 nitrogen and oxygen atoms in total. The highest BCUT2D eigenvalue weighted by molar-refractivity contribution is 9.10. The van der Waals surface area contributed by atoms with E-state index in [0.717, 1.165) is 21.1 Å². The van der Waals surface area contributed by atoms with Crippen LogP contribution in [0.15, 0.2) is 51.2 Å². The van der Waals surface area contributed by atoms with Crippen LogP contribution in [-0.2, 0) is 6.54 Å². The molecule has 5 heteroatoms. The van der Waals surface area contributed by atoms with Gasteiger partial charge in [0.2, 0.25) is 0 Å². The average molecular weight is 338 g/mol. The Morgan fingerprint density at radius 3 is 2.63 bits per heavy atom. The summed E-state index contributed by atoms with van der Waals surface area (Å²) in [6, 6.07) is 8.68. The first kappa shape index (κ1) is 14.5. The van der Waals surface area contributed by atoms with E-state index in [1.807, 2.05) is 6.07 Å². The van der Waals surface area contributed by atoms with Crippen LogP contribution in [0.4, 0.5) is 0 Å². The molecule has 0 unspecified atom stereocenters. The molecule has 2 rings (SSSR count). The predicted octanol–water partition coefficient (Wildman–Crippen LogP) is 3.89. The molecule has 0 saturated heterocycles. The van der Waals surface area contributed by atoms with E-state index in [9.17, 15) is 0 Å². The first-order valence-electron chi connectivity index (χ1n) is 6.12. The first-order valence-corrected chi connectivity index (χ1v) is 7.73. The zero-order chi connectivity index (χ0) is 13.7. The molecule has 0 aliphatic carbocycles. The molecular formula is C14H16BrN3S. The Bertz CT molecular complexity index is 531. The maximum Gasteiger partial charge on any atom is 0.192 e. The van der Waals surface area contributed by atoms with Gasteiger partial charge in [-0.3, -0.25) is 0 Å². The molecule has 100 valence electrons. The fourth-order valence-electron chi connectivity index (χ4n) is 1.50. The van der Waals surface area contributed by atoms with Crippen LogP contribution in [0, 0.1) is 0 Å². The third-order valence-corrected chi connectivity index (χ3v) is 4.34. The summed E-state index contributed by atoms with van der Waals surface area (Å²) in [5, 5.41) is 4.17. The number of rotatable bonds is 5. The van der Waals surface area contributed by atoms with Crippen molar-refractivity contribution in [2.45, 2.75) is 36.5 Å². The summed E-state index contributed by atoms with van der Waals surface area (Å²) in [5.41, 5.74) is 1.26. The molecule has 0 aliphatic heterocycles. The maximum atomic E-state index is 4.22. The standard InChI is InChI=1S/C14H16BrN3S/c1-10(2)18-9-11-4-5-13(12(15)8-11)19-14-16-6-3-7-17-14/h3-8,10,18H,9H2,1-2H3. The van der Waals surface area contributed by atoms with Crippen molar-refractivity contribution in [1.29, 1.82) is 0 Å². The summed E-state index contributed by atoms with van der Waals surface area (Å²) in [5.74, 6) is 0. The molecule has 0 radical (unpaired) electrons. The molecule has 0 bridgehead atoms. The molecule has 1 heterocycles. The Balaban J connectivity index is 2.07. The molecular weight excluding hydrogens is 322 g/mol. The van der Waals surface area contributed by atoms with Crippen molar-refractivity contribution >= 4 is 27.7 Å². The number of aromatic nitrogens is 2. The summed E-state index contributed by atoms with van der Waals surface area (Å²) in [4.78, 5) is 9.56. The Hall–Kier alpha value is -0.910. The van der Waals surface area contributed by atoms with Crippen LogP contribution >= 0.6 is 27.7 Å². The average Bonchev–Trinajstić information content (AvgIpc) is 2.40. The van der Waals surface area contributed by atoms with Gasteiger partial charge in [0.25, 0.3) is 0 Å². The van der Waals surface area contributed by atoms with Gasteiger partial charge in [0.15, 0.2) is 5.16 Å². The zero-order valence-corrected chi connectivity index (χ0v) is 13.3. The summed E-state index contributed by atoms with van der Waals surface area (Å²) < 4.78 is 1.08. The van der Waals surface area contributed by atoms with E-state index in [2.05, 4.69) is 63.3 Å². The van der Waals surface area contributed by atoms with Gasteiger partial charge in [-0.25, -0.2) is 9.97 Å². The summed E-state index contributed by atoms with van der Waals surface area (Å²) in [7, 11) is 0. The number of hydrogen-bond donors (Lipinski definition) is 1. The molecule has 0 spiro atoms. The third-order valence-electron chi connectivity index (χ3n) is 2.45. The van der Waals surface area contributed by atoms with Gasteiger partial charge in [-0.05, 0) is 51.5 Å². The highest BCUT2D eigenvalue weighted by Gasteiger charge is 2.05. The molecule has 2 aromatic rings. The van der Waals surface area contributed by atoms with Crippen molar-refractivity contribution in [1.82, 2.24) is 15.3 Å². The molecule has 0 fully saturated rings. The second kappa shape index (κ2) is 7.03. The highest BCUT2D eigenvalue weighted by atomic mass is 79.9. The molecule has 0 amide bonds. The fraction of sp³-hybridized carbons (Fsp3) is 0.286. The molecule has 0 atom stereocenters. The fourth-order valence-corrected chi connectivity index (χ4v) is 2.88. The van der Waals surface area contributed by atoms with Gasteiger partial charge in [-0.15, -0.1) is 0 Å². The monoisotopic (exact) mass is 337 g/mol. The van der Waals surface area contributed by atoms with Gasteiger partial charge in [0.1, 0.15) is 0 Å². The molecule has 0 saturated carbocycles. The normalized spacial score (nSPS) is 10.9. The highest BCUT2D eigenvalue weighted by Crippen LogP contribution is 2.31. The Labute approximate surface area is 126 Å². The lowest BCUT2D eigenvalue weighted by molar-refractivity contribution is 0.588. The smallest absolute Gasteiger partial charge is 0.192 e. The second-order valence-corrected chi connectivity index (χ2v) is 6.30. The van der Waals surface area contributed by atoms with Crippen LogP contribution in [-0.4, -0.2) is 16.0 Å². The summed E-state index contributed by atoms with van der Waals surface area (Å²) in [6.45, 7) is 5.17. The van der Waals surface area contributed by atoms with Crippen LogP contribution in [0.25, 0.3) is 0 Å². The van der Waals surface area contributed by atoms with E-state index < -0.39 is 0 Å². The van der Waals surface area contributed by atoms with Crippen LogP contribution in [0.1, 0.15) is 19.4 Å². The first-order chi connectivity index (χ1) is 9.15. The molecule has 19 heavy (non-hydrogen) atoms. The number of nitrogens with zero attached hydrogens (tertiary/aromatic N) is 2. The predicted molar refractivity (Wildman–Crippen MR) is 82.3 cm³/mol. The Kier molecular flexibility index (Phi) is 5.36. The maximum absolute atomic E-state index is 4.22. The Morgan fingerprint density at radius 2 is 2.00 bits per heavy atom. The zero-order valence-electron chi connectivity index (χ0n) is 10.9. The van der Waals surface area contributed by atoms with Gasteiger partial charge >= 0.3 is 0 Å². The largest absolute Gasteiger partial charge is 0.310 e. The molecule has 1 aromatic heterocycles. The summed E-state index contributed by atoms with van der Waals surface area (Å²) >= 11 is 5.17. The van der Waals surface area contributed by atoms with Crippen LogP contribution in [0.2, 0.25) is 0 Å². The van der Waals surface area contributed by atoms with Crippen LogP contribution < -0.4 is 5.32 Å². The van der Waals surface area contributed by atoms with Crippen LogP contribution in [0.5, 0.6) is 0 Å². The second-order valence-electron chi connectivity index (χ2n) is 4.43. The minimum absolute atomic E-state index is 0.491. The van der Waals surface area contributed by atoms with E-state index in [1.165, 1.54) is 5.56 Å². The number of hydrogen-bond acceptors (Lipinski definition) is 4. The van der Waals surface area contributed by atoms with Crippen LogP contribution in [0.3, 0.4) is 0 Å². The van der Waals surface area contributed by atoms with Crippen molar-refractivity contribution in [2.75, 3.05) is 0 Å². The van der Waals surface area contributed by atoms with Crippen molar-refractivity contribution in [3.63, 3.8) is 0 Å². The van der Waals surface area contributed by atoms with Crippen molar-refractivity contribution in [3.8, 4) is 0 Å². The van der Waals surface area contributed by atoms with E-state index in [1.54, 1.807) is 24.2 Å². The van der Waals surface area contributed by atoms with E-state index >= 15 is 0 Å². The lowest BCUT2D eigenvalue weighted by atomic mass is 10.2. The summed E-state index contributed by atoms with van der Waals surface area (Å²) in [6.07, 6.45) is 3.51. The number of halogens is 1. The van der Waals surface area contributed by atoms with Gasteiger partial charge in [-0.2, -0.15) is 0 Å². The lowest BCUT2D eigenvalue weighted by Crippen LogP contribution is -2.21. The molecule has 0 aliphatic rings. The quantitative estimate of drug-likeness (QED) is 0.840. The third kappa shape index (κ3) is 4.60. The Morgan fingerprint density at radius 1 is 1.26 bits per heavy atom. The van der Waals surface area contributed by atoms with Gasteiger partial charge in [0.05, 0.1) is 0 Å². The SMILES string of the molecule is CC(C)NCc1ccc(Sc2ncccn2)c(Br)c1. The number of benzene rings is 1. The number of nitrogens with one attached hydrogen (secondary N) is 1. The van der Waals surface area contributed by atoms with Crippen molar-refractivity contribution in [3.05, 3.63) is 46.7 Å². The minimum Gasteiger partial charge on any atom is -0.310 e. The molecule has 1 aromatic carbocycles. The van der Waals surface area contributed by atoms with Gasteiger partial charge in [0, 0.05) is 34.3 Å². The topological polar surface area (TPSA) is 37.8 Å². The van der Waals surface area contributed by atoms with E-state index in [-0.39, 0.29) is 0 Å². The molecule has 1 N–H and O–H groups in total. The van der Waals surface area contributed by atoms with Crippen molar-refractivity contribution < 1.29 is 0 Å². The van der Waals surface area contributed by atoms with Crippen molar-refractivity contribution in [2.24, 2.45) is 0 Å². The minimum atomic E-state index is 0.491. The van der Waals surface area contributed by atoms with Gasteiger partial charge in [-0.1, -0.05) is 19.9 Å². The lowest BCUT2D eigenvalue weighted by Gasteiger charge is -2.10. The van der Waals surface area contributed by atoms with E-state index in [0.29, 0.717) is 6.04 Å². The van der Waals surface area contributed by atoms with E-state index in [4.69, 9.17) is 0 Å². The van der Waals surface area contributed by atoms with Gasteiger partial charge < -0.3 is 5.32 Å².